The van der Waals surface area contributed by atoms with Crippen LogP contribution in [0.5, 0.6) is 17.2 Å². The molecule has 2 aliphatic rings. The predicted molar refractivity (Wildman–Crippen MR) is 129 cm³/mol. The van der Waals surface area contributed by atoms with Crippen LogP contribution in [-0.4, -0.2) is 76.4 Å². The molecule has 2 N–H and O–H groups in total. The van der Waals surface area contributed by atoms with Crippen LogP contribution < -0.4 is 29.7 Å². The number of methoxy groups -OCH3 is 3. The van der Waals surface area contributed by atoms with Crippen LogP contribution in [0.15, 0.2) is 36.4 Å². The Morgan fingerprint density at radius 1 is 1.09 bits per heavy atom. The summed E-state index contributed by atoms with van der Waals surface area (Å²) < 4.78 is 29.7. The summed E-state index contributed by atoms with van der Waals surface area (Å²) in [4.78, 5) is 29.7. The summed E-state index contributed by atoms with van der Waals surface area (Å²) in [5.74, 6) is 0.670. The molecule has 0 radical (unpaired) electrons. The SMILES string of the molecule is COc1cc(C(=O)NCCN2CCC3(CC2)C(=O)NCN3c2cccc(F)c2)cc(OC)c1OC. The van der Waals surface area contributed by atoms with E-state index in [-0.39, 0.29) is 17.6 Å². The lowest BCUT2D eigenvalue weighted by Crippen LogP contribution is -2.57. The van der Waals surface area contributed by atoms with Crippen LogP contribution in [-0.2, 0) is 4.79 Å². The summed E-state index contributed by atoms with van der Waals surface area (Å²) in [6.45, 7) is 2.85. The molecule has 188 valence electrons. The highest BCUT2D eigenvalue weighted by Gasteiger charge is 2.50. The highest BCUT2D eigenvalue weighted by atomic mass is 19.1. The first-order chi connectivity index (χ1) is 16.9. The van der Waals surface area contributed by atoms with Crippen molar-refractivity contribution in [3.05, 3.63) is 47.8 Å². The van der Waals surface area contributed by atoms with Gasteiger partial charge in [-0.1, -0.05) is 6.07 Å². The van der Waals surface area contributed by atoms with E-state index >= 15 is 0 Å². The van der Waals surface area contributed by atoms with Crippen molar-refractivity contribution < 1.29 is 28.2 Å². The average Bonchev–Trinajstić information content (AvgIpc) is 3.19. The zero-order valence-corrected chi connectivity index (χ0v) is 20.2. The Labute approximate surface area is 204 Å². The van der Waals surface area contributed by atoms with Crippen molar-refractivity contribution >= 4 is 17.5 Å². The third-order valence-electron chi connectivity index (χ3n) is 6.78. The maximum absolute atomic E-state index is 13.8. The lowest BCUT2D eigenvalue weighted by Gasteiger charge is -2.43. The van der Waals surface area contributed by atoms with Gasteiger partial charge in [-0.2, -0.15) is 0 Å². The predicted octanol–water partition coefficient (Wildman–Crippen LogP) is 2.01. The molecule has 0 aliphatic carbocycles. The van der Waals surface area contributed by atoms with Gasteiger partial charge in [0.2, 0.25) is 11.7 Å². The summed E-state index contributed by atoms with van der Waals surface area (Å²) >= 11 is 0. The zero-order chi connectivity index (χ0) is 25.0. The molecule has 2 amide bonds. The van der Waals surface area contributed by atoms with Crippen molar-refractivity contribution in [3.8, 4) is 17.2 Å². The number of halogens is 1. The van der Waals surface area contributed by atoms with Gasteiger partial charge >= 0.3 is 0 Å². The number of hydrogen-bond acceptors (Lipinski definition) is 7. The Kier molecular flexibility index (Phi) is 7.30. The van der Waals surface area contributed by atoms with Gasteiger partial charge in [0.05, 0.1) is 28.0 Å². The van der Waals surface area contributed by atoms with E-state index in [0.717, 1.165) is 0 Å². The van der Waals surface area contributed by atoms with Crippen LogP contribution in [0.1, 0.15) is 23.2 Å². The van der Waals surface area contributed by atoms with Crippen molar-refractivity contribution in [3.63, 3.8) is 0 Å². The van der Waals surface area contributed by atoms with Crippen LogP contribution in [0.2, 0.25) is 0 Å². The van der Waals surface area contributed by atoms with Gasteiger partial charge in [0, 0.05) is 37.4 Å². The van der Waals surface area contributed by atoms with Gasteiger partial charge in [0.25, 0.3) is 5.91 Å². The Balaban J connectivity index is 1.34. The van der Waals surface area contributed by atoms with Crippen molar-refractivity contribution in [2.24, 2.45) is 0 Å². The van der Waals surface area contributed by atoms with Gasteiger partial charge < -0.3 is 34.6 Å². The van der Waals surface area contributed by atoms with Gasteiger partial charge in [-0.3, -0.25) is 9.59 Å². The minimum absolute atomic E-state index is 0.0166. The molecule has 0 aromatic heterocycles. The largest absolute Gasteiger partial charge is 0.493 e. The zero-order valence-electron chi connectivity index (χ0n) is 20.2. The molecule has 2 aliphatic heterocycles. The summed E-state index contributed by atoms with van der Waals surface area (Å²) in [5.41, 5.74) is 0.434. The molecule has 2 aromatic carbocycles. The molecule has 0 bridgehead atoms. The first-order valence-corrected chi connectivity index (χ1v) is 11.5. The monoisotopic (exact) mass is 486 g/mol. The van der Waals surface area contributed by atoms with E-state index in [1.807, 2.05) is 11.0 Å². The number of likely N-dealkylation sites (tertiary alicyclic amines) is 1. The number of piperidine rings is 1. The second-order valence-electron chi connectivity index (χ2n) is 8.62. The number of carbonyl (C=O) groups excluding carboxylic acids is 2. The van der Waals surface area contributed by atoms with Gasteiger partial charge in [0.1, 0.15) is 11.4 Å². The topological polar surface area (TPSA) is 92.4 Å². The minimum Gasteiger partial charge on any atom is -0.493 e. The van der Waals surface area contributed by atoms with E-state index in [1.54, 1.807) is 18.2 Å². The number of carbonyl (C=O) groups is 2. The average molecular weight is 487 g/mol. The number of amides is 2. The number of nitrogens with one attached hydrogen (secondary N) is 2. The molecule has 2 fully saturated rings. The smallest absolute Gasteiger partial charge is 0.251 e. The van der Waals surface area contributed by atoms with Gasteiger partial charge in [0.15, 0.2) is 11.5 Å². The number of anilines is 1. The van der Waals surface area contributed by atoms with E-state index in [9.17, 15) is 14.0 Å². The van der Waals surface area contributed by atoms with Crippen molar-refractivity contribution in [1.29, 1.82) is 0 Å². The Hall–Kier alpha value is -3.53. The van der Waals surface area contributed by atoms with E-state index < -0.39 is 5.54 Å². The molecule has 0 unspecified atom stereocenters. The first kappa shape index (κ1) is 24.6. The molecule has 1 spiro atoms. The number of hydrogen-bond donors (Lipinski definition) is 2. The normalized spacial score (nSPS) is 17.3. The molecule has 0 saturated carbocycles. The Morgan fingerprint density at radius 2 is 1.77 bits per heavy atom. The van der Waals surface area contributed by atoms with Gasteiger partial charge in [-0.05, 0) is 43.2 Å². The second-order valence-corrected chi connectivity index (χ2v) is 8.62. The lowest BCUT2D eigenvalue weighted by atomic mass is 9.85. The minimum atomic E-state index is -0.677. The van der Waals surface area contributed by atoms with Crippen LogP contribution in [0.3, 0.4) is 0 Å². The first-order valence-electron chi connectivity index (χ1n) is 11.5. The number of ether oxygens (including phenoxy) is 3. The number of benzene rings is 2. The molecular weight excluding hydrogens is 455 g/mol. The highest BCUT2D eigenvalue weighted by molar-refractivity contribution is 5.95. The van der Waals surface area contributed by atoms with Gasteiger partial charge in [-0.15, -0.1) is 0 Å². The van der Waals surface area contributed by atoms with Gasteiger partial charge in [-0.25, -0.2) is 4.39 Å². The fraction of sp³-hybridized carbons (Fsp3) is 0.440. The van der Waals surface area contributed by atoms with E-state index in [0.29, 0.717) is 74.2 Å². The molecule has 2 saturated heterocycles. The Bertz CT molecular complexity index is 1060. The van der Waals surface area contributed by atoms with Crippen LogP contribution in [0, 0.1) is 5.82 Å². The summed E-state index contributed by atoms with van der Waals surface area (Å²) in [7, 11) is 4.51. The molecule has 2 aromatic rings. The molecular formula is C25H31FN4O5. The van der Waals surface area contributed by atoms with Crippen LogP contribution >= 0.6 is 0 Å². The second kappa shape index (κ2) is 10.4. The van der Waals surface area contributed by atoms with Crippen molar-refractivity contribution in [2.45, 2.75) is 18.4 Å². The fourth-order valence-electron chi connectivity index (χ4n) is 4.86. The van der Waals surface area contributed by atoms with Crippen LogP contribution in [0.4, 0.5) is 10.1 Å². The molecule has 35 heavy (non-hydrogen) atoms. The quantitative estimate of drug-likeness (QED) is 0.590. The maximum Gasteiger partial charge on any atom is 0.251 e. The van der Waals surface area contributed by atoms with E-state index in [4.69, 9.17) is 14.2 Å². The van der Waals surface area contributed by atoms with E-state index in [1.165, 1.54) is 33.5 Å². The Morgan fingerprint density at radius 3 is 2.37 bits per heavy atom. The molecule has 2 heterocycles. The van der Waals surface area contributed by atoms with E-state index in [2.05, 4.69) is 15.5 Å². The summed E-state index contributed by atoms with van der Waals surface area (Å²) in [6.07, 6.45) is 1.24. The highest BCUT2D eigenvalue weighted by Crippen LogP contribution is 2.38. The molecule has 9 nitrogen and oxygen atoms in total. The maximum atomic E-state index is 13.8. The number of rotatable bonds is 8. The fourth-order valence-corrected chi connectivity index (χ4v) is 4.86. The molecule has 10 heteroatoms. The third-order valence-corrected chi connectivity index (χ3v) is 6.78. The molecule has 0 atom stereocenters. The standard InChI is InChI=1S/C25H31FN4O5/c1-33-20-13-17(14-21(34-2)22(20)35-3)23(31)27-9-12-29-10-7-25(8-11-29)24(32)28-16-30(25)19-6-4-5-18(26)15-19/h4-6,13-15H,7-12,16H2,1-3H3,(H,27,31)(H,28,32). The third kappa shape index (κ3) is 4.84. The van der Waals surface area contributed by atoms with Crippen molar-refractivity contribution in [1.82, 2.24) is 15.5 Å². The lowest BCUT2D eigenvalue weighted by molar-refractivity contribution is -0.125. The molecule has 4 rings (SSSR count). The number of nitrogens with zero attached hydrogens (tertiary/aromatic N) is 2. The van der Waals surface area contributed by atoms with Crippen molar-refractivity contribution in [2.75, 3.05) is 59.1 Å². The van der Waals surface area contributed by atoms with Crippen LogP contribution in [0.25, 0.3) is 0 Å². The summed E-state index contributed by atoms with van der Waals surface area (Å²) in [6, 6.07) is 9.58. The summed E-state index contributed by atoms with van der Waals surface area (Å²) in [5, 5.41) is 5.86.